The molecular formula is H6BCaLiO3. The van der Waals surface area contributed by atoms with Gasteiger partial charge in [-0.15, -0.1) is 0 Å². The quantitative estimate of drug-likeness (QED) is 0.275. The number of rotatable bonds is 0. The van der Waals surface area contributed by atoms with Gasteiger partial charge in [0, 0.05) is 0 Å². The summed E-state index contributed by atoms with van der Waals surface area (Å²) in [6.07, 6.45) is 0. The zero-order valence-corrected chi connectivity index (χ0v) is 5.83. The second kappa shape index (κ2) is 9.93. The predicted molar refractivity (Wildman–Crippen MR) is 21.5 cm³/mol. The van der Waals surface area contributed by atoms with E-state index in [4.69, 9.17) is 15.1 Å². The van der Waals surface area contributed by atoms with Crippen molar-refractivity contribution in [2.45, 2.75) is 0 Å². The predicted octanol–water partition coefficient (Wildman–Crippen LogP) is -5.09. The molecular weight excluding hydrogens is 106 g/mol. The maximum atomic E-state index is 7.17. The fourth-order valence-corrected chi connectivity index (χ4v) is 0. The summed E-state index contributed by atoms with van der Waals surface area (Å²) in [6.45, 7) is 0. The van der Waals surface area contributed by atoms with Gasteiger partial charge in [0.2, 0.25) is 0 Å². The molecule has 6 heavy (non-hydrogen) atoms. The van der Waals surface area contributed by atoms with Crippen LogP contribution < -0.4 is 18.9 Å². The van der Waals surface area contributed by atoms with Crippen molar-refractivity contribution in [2.24, 2.45) is 0 Å². The van der Waals surface area contributed by atoms with Crippen molar-refractivity contribution < 1.29 is 38.2 Å². The molecule has 0 aromatic heterocycles. The smallest absolute Gasteiger partial charge is 1.00 e. The largest absolute Gasteiger partial charge is 2.00 e. The van der Waals surface area contributed by atoms with Crippen molar-refractivity contribution in [1.29, 1.82) is 0 Å². The van der Waals surface area contributed by atoms with Gasteiger partial charge in [0.05, 0.1) is 0 Å². The van der Waals surface area contributed by atoms with Crippen LogP contribution in [0.25, 0.3) is 0 Å². The van der Waals surface area contributed by atoms with Gasteiger partial charge >= 0.3 is 63.9 Å². The maximum absolute atomic E-state index is 7.17. The van der Waals surface area contributed by atoms with Crippen LogP contribution in [0.5, 0.6) is 0 Å². The molecule has 0 radical (unpaired) electrons. The monoisotopic (exact) mass is 112 g/mol. The van der Waals surface area contributed by atoms with Crippen LogP contribution >= 0.6 is 0 Å². The average Bonchev–Trinajstić information content (AvgIpc) is 0.811. The standard InChI is InChI=1S/BH3O3.Ca.Li.3H/c2-1(3)4;;;;;/h2-4H;;;;;/q;+2;+1;3*-1. The molecule has 0 aliphatic rings. The molecule has 0 spiro atoms. The van der Waals surface area contributed by atoms with Gasteiger partial charge < -0.3 is 19.4 Å². The first-order valence-electron chi connectivity index (χ1n) is 0.775. The van der Waals surface area contributed by atoms with Crippen molar-refractivity contribution in [3.8, 4) is 0 Å². The Morgan fingerprint density at radius 3 is 1.17 bits per heavy atom. The fraction of sp³-hybridized carbons (Fsp3) is 0. The molecule has 0 aromatic rings. The van der Waals surface area contributed by atoms with Crippen molar-refractivity contribution >= 4 is 45.1 Å². The van der Waals surface area contributed by atoms with Crippen LogP contribution in [0.3, 0.4) is 0 Å². The van der Waals surface area contributed by atoms with Gasteiger partial charge in [-0.3, -0.25) is 0 Å². The van der Waals surface area contributed by atoms with Crippen molar-refractivity contribution in [2.75, 3.05) is 0 Å². The van der Waals surface area contributed by atoms with Crippen LogP contribution in [0.4, 0.5) is 0 Å². The summed E-state index contributed by atoms with van der Waals surface area (Å²) >= 11 is 0. The summed E-state index contributed by atoms with van der Waals surface area (Å²) < 4.78 is 0. The Morgan fingerprint density at radius 2 is 1.17 bits per heavy atom. The van der Waals surface area contributed by atoms with Gasteiger partial charge in [-0.1, -0.05) is 0 Å². The Balaban J connectivity index is -0.00000000450. The van der Waals surface area contributed by atoms with Gasteiger partial charge in [0.1, 0.15) is 0 Å². The van der Waals surface area contributed by atoms with Crippen LogP contribution in [0.15, 0.2) is 0 Å². The van der Waals surface area contributed by atoms with Crippen molar-refractivity contribution in [1.82, 2.24) is 0 Å². The molecule has 0 aromatic carbocycles. The van der Waals surface area contributed by atoms with E-state index in [1.54, 1.807) is 0 Å². The third kappa shape index (κ3) is 41.2. The Kier molecular flexibility index (Phi) is 25.9. The molecule has 6 heteroatoms. The molecule has 0 atom stereocenters. The van der Waals surface area contributed by atoms with Gasteiger partial charge in [0.15, 0.2) is 0 Å². The zero-order valence-electron chi connectivity index (χ0n) is 6.63. The van der Waals surface area contributed by atoms with E-state index in [9.17, 15) is 0 Å². The van der Waals surface area contributed by atoms with E-state index in [-0.39, 0.29) is 60.9 Å². The summed E-state index contributed by atoms with van der Waals surface area (Å²) in [5.74, 6) is 0. The molecule has 3 nitrogen and oxygen atoms in total. The van der Waals surface area contributed by atoms with Gasteiger partial charge in [-0.05, 0) is 0 Å². The summed E-state index contributed by atoms with van der Waals surface area (Å²) in [4.78, 5) is 0. The van der Waals surface area contributed by atoms with Crippen LogP contribution in [-0.4, -0.2) is 60.1 Å². The van der Waals surface area contributed by atoms with Crippen LogP contribution in [0.2, 0.25) is 0 Å². The zero-order chi connectivity index (χ0) is 3.58. The molecule has 0 aliphatic carbocycles. The van der Waals surface area contributed by atoms with E-state index in [2.05, 4.69) is 0 Å². The molecule has 0 saturated carbocycles. The number of hydrogen-bond acceptors (Lipinski definition) is 3. The van der Waals surface area contributed by atoms with Gasteiger partial charge in [0.25, 0.3) is 0 Å². The molecule has 0 rings (SSSR count). The molecule has 0 heterocycles. The Morgan fingerprint density at radius 1 is 1.17 bits per heavy atom. The van der Waals surface area contributed by atoms with Crippen molar-refractivity contribution in [3.05, 3.63) is 0 Å². The summed E-state index contributed by atoms with van der Waals surface area (Å²) in [5.41, 5.74) is 0. The normalized spacial score (nSPS) is 4.50. The van der Waals surface area contributed by atoms with E-state index in [1.165, 1.54) is 0 Å². The van der Waals surface area contributed by atoms with Crippen molar-refractivity contribution in [3.63, 3.8) is 0 Å². The molecule has 0 unspecified atom stereocenters. The third-order valence-electron chi connectivity index (χ3n) is 0. The molecule has 0 saturated heterocycles. The van der Waals surface area contributed by atoms with Crippen LogP contribution in [0.1, 0.15) is 4.28 Å². The second-order valence-electron chi connectivity index (χ2n) is 0.346. The van der Waals surface area contributed by atoms with Crippen LogP contribution in [0, 0.1) is 0 Å². The first kappa shape index (κ1) is 15.7. The minimum atomic E-state index is -2.17. The summed E-state index contributed by atoms with van der Waals surface area (Å²) in [7, 11) is -2.17. The van der Waals surface area contributed by atoms with E-state index in [0.717, 1.165) is 0 Å². The van der Waals surface area contributed by atoms with E-state index >= 15 is 0 Å². The topological polar surface area (TPSA) is 60.7 Å². The molecule has 3 N–H and O–H groups in total. The molecule has 0 amide bonds. The average molecular weight is 112 g/mol. The summed E-state index contributed by atoms with van der Waals surface area (Å²) in [6, 6.07) is 0. The first-order chi connectivity index (χ1) is 1.73. The van der Waals surface area contributed by atoms with Gasteiger partial charge in [-0.25, -0.2) is 0 Å². The molecule has 0 fully saturated rings. The van der Waals surface area contributed by atoms with E-state index < -0.39 is 7.32 Å². The van der Waals surface area contributed by atoms with Gasteiger partial charge in [-0.2, -0.15) is 0 Å². The molecule has 0 aliphatic heterocycles. The number of hydrogen-bond donors (Lipinski definition) is 3. The maximum Gasteiger partial charge on any atom is 2.00 e. The first-order valence-corrected chi connectivity index (χ1v) is 0.775. The second-order valence-corrected chi connectivity index (χ2v) is 0.346. The molecule has 30 valence electrons. The molecule has 0 bridgehead atoms. The van der Waals surface area contributed by atoms with E-state index in [1.807, 2.05) is 0 Å². The minimum Gasteiger partial charge on any atom is -1.00 e. The SMILES string of the molecule is OB(O)O.[Ca+2].[H-].[H-].[H-].[Li+]. The van der Waals surface area contributed by atoms with E-state index in [0.29, 0.717) is 0 Å². The Labute approximate surface area is 82.6 Å². The van der Waals surface area contributed by atoms with Crippen LogP contribution in [-0.2, 0) is 0 Å². The fourth-order valence-electron chi connectivity index (χ4n) is 0. The summed E-state index contributed by atoms with van der Waals surface area (Å²) in [5, 5.41) is 21.5. The Hall–Kier alpha value is 1.80. The Bertz CT molecular complexity index is 23.8. The minimum absolute atomic E-state index is 0. The third-order valence-corrected chi connectivity index (χ3v) is 0.